The number of rotatable bonds is 11. The van der Waals surface area contributed by atoms with Crippen molar-refractivity contribution in [3.8, 4) is 0 Å². The highest BCUT2D eigenvalue weighted by Gasteiger charge is 2.10. The largest absolute Gasteiger partial charge is 0.396 e. The van der Waals surface area contributed by atoms with E-state index in [2.05, 4.69) is 23.3 Å². The van der Waals surface area contributed by atoms with E-state index in [4.69, 9.17) is 21.4 Å². The Labute approximate surface area is 133 Å². The van der Waals surface area contributed by atoms with Crippen LogP contribution in [0.2, 0.25) is 5.02 Å². The molecule has 0 aromatic heterocycles. The van der Waals surface area contributed by atoms with Crippen molar-refractivity contribution in [3.05, 3.63) is 28.8 Å². The van der Waals surface area contributed by atoms with Gasteiger partial charge in [0.15, 0.2) is 0 Å². The maximum absolute atomic E-state index is 8.82. The van der Waals surface area contributed by atoms with E-state index in [-0.39, 0.29) is 6.61 Å². The number of hydrogen-bond donors (Lipinski definition) is 2. The number of hydrogen-bond acceptors (Lipinski definition) is 4. The first-order valence-corrected chi connectivity index (χ1v) is 7.87. The lowest BCUT2D eigenvalue weighted by atomic mass is 10.1. The van der Waals surface area contributed by atoms with Crippen molar-refractivity contribution in [2.24, 2.45) is 0 Å². The van der Waals surface area contributed by atoms with Gasteiger partial charge in [-0.3, -0.25) is 0 Å². The summed E-state index contributed by atoms with van der Waals surface area (Å²) in [7, 11) is 3.78. The van der Waals surface area contributed by atoms with E-state index in [0.717, 1.165) is 55.2 Å². The number of benzene rings is 1. The SMILES string of the molecule is COCCNCc1c(Cl)cccc1N(C)CCCCCO. The number of aliphatic hydroxyl groups excluding tert-OH is 1. The van der Waals surface area contributed by atoms with Gasteiger partial charge in [0.2, 0.25) is 0 Å². The van der Waals surface area contributed by atoms with Gasteiger partial charge in [-0.2, -0.15) is 0 Å². The van der Waals surface area contributed by atoms with E-state index in [0.29, 0.717) is 6.61 Å². The second-order valence-corrected chi connectivity index (χ2v) is 5.52. The summed E-state index contributed by atoms with van der Waals surface area (Å²) in [5.41, 5.74) is 2.29. The summed E-state index contributed by atoms with van der Waals surface area (Å²) in [5.74, 6) is 0. The average molecular weight is 315 g/mol. The number of nitrogens with one attached hydrogen (secondary N) is 1. The third-order valence-corrected chi connectivity index (χ3v) is 3.80. The zero-order valence-electron chi connectivity index (χ0n) is 13.1. The summed E-state index contributed by atoms with van der Waals surface area (Å²) in [5, 5.41) is 13.0. The van der Waals surface area contributed by atoms with Crippen molar-refractivity contribution < 1.29 is 9.84 Å². The molecule has 5 heteroatoms. The van der Waals surface area contributed by atoms with Gasteiger partial charge in [0, 0.05) is 56.7 Å². The maximum atomic E-state index is 8.82. The first-order valence-electron chi connectivity index (χ1n) is 7.49. The van der Waals surface area contributed by atoms with Crippen LogP contribution in [0, 0.1) is 0 Å². The van der Waals surface area contributed by atoms with Crippen molar-refractivity contribution in [1.82, 2.24) is 5.32 Å². The Balaban J connectivity index is 2.60. The number of anilines is 1. The van der Waals surface area contributed by atoms with Gasteiger partial charge in [-0.05, 0) is 31.4 Å². The molecule has 1 rings (SSSR count). The van der Waals surface area contributed by atoms with Crippen LogP contribution in [0.15, 0.2) is 18.2 Å². The molecule has 1 aromatic rings. The van der Waals surface area contributed by atoms with Gasteiger partial charge in [-0.25, -0.2) is 0 Å². The summed E-state index contributed by atoms with van der Waals surface area (Å²) >= 11 is 6.34. The van der Waals surface area contributed by atoms with Crippen LogP contribution >= 0.6 is 11.6 Å². The Bertz CT molecular complexity index is 402. The molecule has 0 amide bonds. The van der Waals surface area contributed by atoms with E-state index in [1.54, 1.807) is 7.11 Å². The topological polar surface area (TPSA) is 44.7 Å². The highest BCUT2D eigenvalue weighted by atomic mass is 35.5. The quantitative estimate of drug-likeness (QED) is 0.616. The molecule has 0 aliphatic carbocycles. The van der Waals surface area contributed by atoms with Gasteiger partial charge in [0.05, 0.1) is 6.61 Å². The molecule has 1 aromatic carbocycles. The number of unbranched alkanes of at least 4 members (excludes halogenated alkanes) is 2. The molecular formula is C16H27ClN2O2. The van der Waals surface area contributed by atoms with E-state index < -0.39 is 0 Å². The van der Waals surface area contributed by atoms with E-state index >= 15 is 0 Å². The van der Waals surface area contributed by atoms with Crippen molar-refractivity contribution in [2.45, 2.75) is 25.8 Å². The first kappa shape index (κ1) is 18.2. The van der Waals surface area contributed by atoms with Crippen LogP contribution in [0.25, 0.3) is 0 Å². The molecule has 0 atom stereocenters. The summed E-state index contributed by atoms with van der Waals surface area (Å²) < 4.78 is 5.04. The predicted octanol–water partition coefficient (Wildman–Crippen LogP) is 2.67. The molecule has 0 aliphatic heterocycles. The van der Waals surface area contributed by atoms with Crippen LogP contribution in [0.1, 0.15) is 24.8 Å². The van der Waals surface area contributed by atoms with Crippen molar-refractivity contribution in [2.75, 3.05) is 45.4 Å². The fraction of sp³-hybridized carbons (Fsp3) is 0.625. The Morgan fingerprint density at radius 1 is 1.29 bits per heavy atom. The van der Waals surface area contributed by atoms with Crippen LogP contribution in [0.3, 0.4) is 0 Å². The van der Waals surface area contributed by atoms with Gasteiger partial charge in [0.1, 0.15) is 0 Å². The standard InChI is InChI=1S/C16H27ClN2O2/c1-19(10-4-3-5-11-20)16-8-6-7-15(17)14(16)13-18-9-12-21-2/h6-8,18,20H,3-5,9-13H2,1-2H3. The fourth-order valence-corrected chi connectivity index (χ4v) is 2.46. The van der Waals surface area contributed by atoms with Crippen LogP contribution < -0.4 is 10.2 Å². The summed E-state index contributed by atoms with van der Waals surface area (Å²) in [6.07, 6.45) is 2.98. The lowest BCUT2D eigenvalue weighted by Gasteiger charge is -2.23. The van der Waals surface area contributed by atoms with Crippen LogP contribution in [-0.4, -0.2) is 45.6 Å². The minimum atomic E-state index is 0.273. The third-order valence-electron chi connectivity index (χ3n) is 3.44. The molecule has 0 aliphatic rings. The van der Waals surface area contributed by atoms with Crippen LogP contribution in [-0.2, 0) is 11.3 Å². The number of methoxy groups -OCH3 is 1. The second kappa shape index (κ2) is 10.9. The van der Waals surface area contributed by atoms with Crippen molar-refractivity contribution in [3.63, 3.8) is 0 Å². The lowest BCUT2D eigenvalue weighted by molar-refractivity contribution is 0.199. The molecule has 0 fully saturated rings. The van der Waals surface area contributed by atoms with Crippen LogP contribution in [0.5, 0.6) is 0 Å². The number of nitrogens with zero attached hydrogens (tertiary/aromatic N) is 1. The molecule has 0 radical (unpaired) electrons. The molecule has 2 N–H and O–H groups in total. The molecule has 0 bridgehead atoms. The molecule has 0 heterocycles. The maximum Gasteiger partial charge on any atom is 0.0587 e. The van der Waals surface area contributed by atoms with Crippen molar-refractivity contribution in [1.29, 1.82) is 0 Å². The highest BCUT2D eigenvalue weighted by Crippen LogP contribution is 2.27. The molecule has 21 heavy (non-hydrogen) atoms. The Hall–Kier alpha value is -0.810. The second-order valence-electron chi connectivity index (χ2n) is 5.11. The number of aliphatic hydroxyl groups is 1. The van der Waals surface area contributed by atoms with Gasteiger partial charge in [-0.15, -0.1) is 0 Å². The Morgan fingerprint density at radius 3 is 2.81 bits per heavy atom. The molecule has 0 saturated heterocycles. The Morgan fingerprint density at radius 2 is 2.10 bits per heavy atom. The monoisotopic (exact) mass is 314 g/mol. The third kappa shape index (κ3) is 6.66. The molecule has 4 nitrogen and oxygen atoms in total. The minimum absolute atomic E-state index is 0.273. The highest BCUT2D eigenvalue weighted by molar-refractivity contribution is 6.31. The predicted molar refractivity (Wildman–Crippen MR) is 89.2 cm³/mol. The summed E-state index contributed by atoms with van der Waals surface area (Å²) in [6.45, 7) is 3.47. The van der Waals surface area contributed by atoms with Gasteiger partial charge in [-0.1, -0.05) is 17.7 Å². The lowest BCUT2D eigenvalue weighted by Crippen LogP contribution is -2.24. The van der Waals surface area contributed by atoms with Crippen LogP contribution in [0.4, 0.5) is 5.69 Å². The molecular weight excluding hydrogens is 288 g/mol. The molecule has 0 saturated carbocycles. The van der Waals surface area contributed by atoms with E-state index in [1.165, 1.54) is 0 Å². The molecule has 120 valence electrons. The fourth-order valence-electron chi connectivity index (χ4n) is 2.23. The molecule has 0 unspecified atom stereocenters. The van der Waals surface area contributed by atoms with Gasteiger partial charge in [0.25, 0.3) is 0 Å². The van der Waals surface area contributed by atoms with Crippen molar-refractivity contribution >= 4 is 17.3 Å². The zero-order chi connectivity index (χ0) is 15.5. The average Bonchev–Trinajstić information content (AvgIpc) is 2.49. The Kier molecular flexibility index (Phi) is 9.42. The van der Waals surface area contributed by atoms with E-state index in [9.17, 15) is 0 Å². The zero-order valence-corrected chi connectivity index (χ0v) is 13.8. The number of ether oxygens (including phenoxy) is 1. The minimum Gasteiger partial charge on any atom is -0.396 e. The smallest absolute Gasteiger partial charge is 0.0587 e. The summed E-state index contributed by atoms with van der Waals surface area (Å²) in [4.78, 5) is 2.23. The summed E-state index contributed by atoms with van der Waals surface area (Å²) in [6, 6.07) is 6.02. The van der Waals surface area contributed by atoms with Gasteiger partial charge >= 0.3 is 0 Å². The first-order chi connectivity index (χ1) is 10.2. The normalized spacial score (nSPS) is 10.9. The van der Waals surface area contributed by atoms with Gasteiger partial charge < -0.3 is 20.1 Å². The van der Waals surface area contributed by atoms with E-state index in [1.807, 2.05) is 12.1 Å². The number of halogens is 1. The molecule has 0 spiro atoms.